The highest BCUT2D eigenvalue weighted by Crippen LogP contribution is 2.15. The summed E-state index contributed by atoms with van der Waals surface area (Å²) in [7, 11) is 1.50. The van der Waals surface area contributed by atoms with Crippen LogP contribution in [-0.2, 0) is 9.59 Å². The Labute approximate surface area is 104 Å². The molecule has 17 heavy (non-hydrogen) atoms. The molecule has 0 saturated heterocycles. The van der Waals surface area contributed by atoms with Crippen molar-refractivity contribution in [2.24, 2.45) is 0 Å². The summed E-state index contributed by atoms with van der Waals surface area (Å²) < 4.78 is 5.19. The number of hydrogen-bond acceptors (Lipinski definition) is 3. The number of ether oxygens (including phenoxy) is 1. The van der Waals surface area contributed by atoms with Crippen molar-refractivity contribution in [2.45, 2.75) is 0 Å². The number of carbonyl (C=O) groups excluding carboxylic acids is 2. The molecule has 6 heteroatoms. The molecule has 0 unspecified atom stereocenters. The first-order valence-electron chi connectivity index (χ1n) is 4.97. The molecule has 0 atom stereocenters. The standard InChI is InChI=1S/C11H13ClN2O3/c1-13-10(15)6-14-11(16)7-17-9-4-2-8(12)3-5-9/h2-5H,6-7H2,1H3,(H,13,15)(H,14,16). The Hall–Kier alpha value is -1.75. The lowest BCUT2D eigenvalue weighted by atomic mass is 10.3. The highest BCUT2D eigenvalue weighted by molar-refractivity contribution is 6.30. The number of carbonyl (C=O) groups is 2. The van der Waals surface area contributed by atoms with Gasteiger partial charge in [-0.2, -0.15) is 0 Å². The smallest absolute Gasteiger partial charge is 0.258 e. The summed E-state index contributed by atoms with van der Waals surface area (Å²) in [6, 6.07) is 6.65. The third kappa shape index (κ3) is 5.21. The van der Waals surface area contributed by atoms with E-state index in [-0.39, 0.29) is 25.0 Å². The van der Waals surface area contributed by atoms with Gasteiger partial charge in [0.15, 0.2) is 6.61 Å². The lowest BCUT2D eigenvalue weighted by Gasteiger charge is -2.06. The third-order valence-electron chi connectivity index (χ3n) is 1.91. The molecule has 0 radical (unpaired) electrons. The summed E-state index contributed by atoms with van der Waals surface area (Å²) in [4.78, 5) is 22.1. The molecule has 5 nitrogen and oxygen atoms in total. The fraction of sp³-hybridized carbons (Fsp3) is 0.273. The molecule has 92 valence electrons. The lowest BCUT2D eigenvalue weighted by molar-refractivity contribution is -0.127. The van der Waals surface area contributed by atoms with E-state index >= 15 is 0 Å². The number of nitrogens with one attached hydrogen (secondary N) is 2. The van der Waals surface area contributed by atoms with E-state index in [1.165, 1.54) is 7.05 Å². The molecule has 0 aliphatic heterocycles. The molecule has 0 aliphatic rings. The molecule has 0 heterocycles. The first-order valence-corrected chi connectivity index (χ1v) is 5.35. The monoisotopic (exact) mass is 256 g/mol. The topological polar surface area (TPSA) is 67.4 Å². The second-order valence-corrected chi connectivity index (χ2v) is 3.63. The second-order valence-electron chi connectivity index (χ2n) is 3.19. The summed E-state index contributed by atoms with van der Waals surface area (Å²) >= 11 is 5.70. The van der Waals surface area contributed by atoms with Crippen molar-refractivity contribution in [3.63, 3.8) is 0 Å². The summed E-state index contributed by atoms with van der Waals surface area (Å²) in [6.45, 7) is -0.196. The fourth-order valence-electron chi connectivity index (χ4n) is 0.998. The van der Waals surface area contributed by atoms with Gasteiger partial charge in [0.2, 0.25) is 5.91 Å². The molecular formula is C11H13ClN2O3. The van der Waals surface area contributed by atoms with Crippen LogP contribution in [0, 0.1) is 0 Å². The Bertz CT molecular complexity index is 392. The van der Waals surface area contributed by atoms with Crippen molar-refractivity contribution in [1.29, 1.82) is 0 Å². The Morgan fingerprint density at radius 2 is 1.88 bits per heavy atom. The van der Waals surface area contributed by atoms with E-state index in [4.69, 9.17) is 16.3 Å². The van der Waals surface area contributed by atoms with Crippen molar-refractivity contribution in [3.8, 4) is 5.75 Å². The van der Waals surface area contributed by atoms with Gasteiger partial charge in [-0.1, -0.05) is 11.6 Å². The number of hydrogen-bond donors (Lipinski definition) is 2. The van der Waals surface area contributed by atoms with E-state index in [1.54, 1.807) is 24.3 Å². The van der Waals surface area contributed by atoms with Crippen LogP contribution in [0.5, 0.6) is 5.75 Å². The van der Waals surface area contributed by atoms with Crippen LogP contribution in [0.4, 0.5) is 0 Å². The fourth-order valence-corrected chi connectivity index (χ4v) is 1.12. The minimum atomic E-state index is -0.358. The minimum Gasteiger partial charge on any atom is -0.484 e. The quantitative estimate of drug-likeness (QED) is 0.810. The summed E-state index contributed by atoms with van der Waals surface area (Å²) in [5.74, 6) is -0.0714. The van der Waals surface area contributed by atoms with Gasteiger partial charge in [-0.05, 0) is 24.3 Å². The number of halogens is 1. The average Bonchev–Trinajstić information content (AvgIpc) is 2.35. The van der Waals surface area contributed by atoms with E-state index < -0.39 is 0 Å². The van der Waals surface area contributed by atoms with Gasteiger partial charge in [0.25, 0.3) is 5.91 Å². The van der Waals surface area contributed by atoms with Gasteiger partial charge in [0.05, 0.1) is 6.54 Å². The summed E-state index contributed by atoms with van der Waals surface area (Å²) in [5.41, 5.74) is 0. The highest BCUT2D eigenvalue weighted by atomic mass is 35.5. The van der Waals surface area contributed by atoms with E-state index in [1.807, 2.05) is 0 Å². The van der Waals surface area contributed by atoms with E-state index in [0.717, 1.165) is 0 Å². The molecule has 0 aliphatic carbocycles. The van der Waals surface area contributed by atoms with Crippen LogP contribution in [0.25, 0.3) is 0 Å². The zero-order chi connectivity index (χ0) is 12.7. The number of amides is 2. The SMILES string of the molecule is CNC(=O)CNC(=O)COc1ccc(Cl)cc1. The minimum absolute atomic E-state index is 0.0562. The van der Waals surface area contributed by atoms with Gasteiger partial charge in [0, 0.05) is 12.1 Å². The molecule has 2 N–H and O–H groups in total. The Morgan fingerprint density at radius 1 is 1.24 bits per heavy atom. The van der Waals surface area contributed by atoms with Gasteiger partial charge in [-0.15, -0.1) is 0 Å². The van der Waals surface area contributed by atoms with E-state index in [9.17, 15) is 9.59 Å². The number of benzene rings is 1. The van der Waals surface area contributed by atoms with Crippen molar-refractivity contribution in [1.82, 2.24) is 10.6 Å². The van der Waals surface area contributed by atoms with Crippen molar-refractivity contribution in [3.05, 3.63) is 29.3 Å². The predicted octanol–water partition coefficient (Wildman–Crippen LogP) is 0.581. The van der Waals surface area contributed by atoms with Crippen molar-refractivity contribution < 1.29 is 14.3 Å². The van der Waals surface area contributed by atoms with Crippen LogP contribution in [0.3, 0.4) is 0 Å². The van der Waals surface area contributed by atoms with Gasteiger partial charge in [-0.3, -0.25) is 9.59 Å². The van der Waals surface area contributed by atoms with Crippen molar-refractivity contribution >= 4 is 23.4 Å². The maximum atomic E-state index is 11.3. The maximum absolute atomic E-state index is 11.3. The molecule has 2 amide bonds. The van der Waals surface area contributed by atoms with Crippen LogP contribution < -0.4 is 15.4 Å². The predicted molar refractivity (Wildman–Crippen MR) is 64.0 cm³/mol. The zero-order valence-corrected chi connectivity index (χ0v) is 10.1. The molecule has 1 rings (SSSR count). The van der Waals surface area contributed by atoms with Crippen LogP contribution in [0.15, 0.2) is 24.3 Å². The van der Waals surface area contributed by atoms with Gasteiger partial charge < -0.3 is 15.4 Å². The summed E-state index contributed by atoms with van der Waals surface area (Å²) in [6.07, 6.45) is 0. The van der Waals surface area contributed by atoms with Crippen LogP contribution >= 0.6 is 11.6 Å². The lowest BCUT2D eigenvalue weighted by Crippen LogP contribution is -2.37. The largest absolute Gasteiger partial charge is 0.484 e. The normalized spacial score (nSPS) is 9.53. The first kappa shape index (κ1) is 13.3. The zero-order valence-electron chi connectivity index (χ0n) is 9.33. The number of rotatable bonds is 5. The molecule has 1 aromatic carbocycles. The van der Waals surface area contributed by atoms with Gasteiger partial charge in [0.1, 0.15) is 5.75 Å². The molecule has 1 aromatic rings. The first-order chi connectivity index (χ1) is 8.11. The molecule has 0 bridgehead atoms. The van der Waals surface area contributed by atoms with E-state index in [0.29, 0.717) is 10.8 Å². The van der Waals surface area contributed by atoms with Crippen LogP contribution in [0.1, 0.15) is 0 Å². The highest BCUT2D eigenvalue weighted by Gasteiger charge is 2.04. The maximum Gasteiger partial charge on any atom is 0.258 e. The molecule has 0 saturated carbocycles. The van der Waals surface area contributed by atoms with Crippen LogP contribution in [0.2, 0.25) is 5.02 Å². The molecule has 0 fully saturated rings. The van der Waals surface area contributed by atoms with Gasteiger partial charge in [-0.25, -0.2) is 0 Å². The Kier molecular flexibility index (Phi) is 5.29. The number of likely N-dealkylation sites (N-methyl/N-ethyl adjacent to an activating group) is 1. The third-order valence-corrected chi connectivity index (χ3v) is 2.16. The molecular weight excluding hydrogens is 244 g/mol. The summed E-state index contributed by atoms with van der Waals surface area (Å²) in [5, 5.41) is 5.40. The molecule has 0 aromatic heterocycles. The van der Waals surface area contributed by atoms with Gasteiger partial charge >= 0.3 is 0 Å². The van der Waals surface area contributed by atoms with Crippen molar-refractivity contribution in [2.75, 3.05) is 20.2 Å². The van der Waals surface area contributed by atoms with Crippen LogP contribution in [-0.4, -0.2) is 32.0 Å². The second kappa shape index (κ2) is 6.75. The molecule has 0 spiro atoms. The Balaban J connectivity index is 2.28. The van der Waals surface area contributed by atoms with E-state index in [2.05, 4.69) is 10.6 Å². The average molecular weight is 257 g/mol. The Morgan fingerprint density at radius 3 is 2.47 bits per heavy atom.